The van der Waals surface area contributed by atoms with Crippen LogP contribution in [-0.4, -0.2) is 33.8 Å². The number of nitrogens with zero attached hydrogens (tertiary/aromatic N) is 1. The Balaban J connectivity index is 1.45. The van der Waals surface area contributed by atoms with E-state index in [1.807, 2.05) is 36.6 Å². The van der Waals surface area contributed by atoms with Gasteiger partial charge in [0.2, 0.25) is 0 Å². The van der Waals surface area contributed by atoms with E-state index >= 15 is 0 Å². The molecule has 3 nitrogen and oxygen atoms in total. The van der Waals surface area contributed by atoms with Crippen molar-refractivity contribution in [3.63, 3.8) is 0 Å². The van der Waals surface area contributed by atoms with E-state index in [4.69, 9.17) is 0 Å². The number of rotatable bonds is 8. The molecular weight excluding hydrogens is 480 g/mol. The number of Topliss-reactive ketones (excluding diaryl/α,β-unsaturated/α-hetero) is 1. The number of benzene rings is 1. The van der Waals surface area contributed by atoms with Crippen LogP contribution in [0.15, 0.2) is 29.6 Å². The molecule has 0 spiro atoms. The maximum atomic E-state index is 12.8. The molecule has 0 saturated heterocycles. The molecule has 1 heterocycles. The van der Waals surface area contributed by atoms with E-state index in [-0.39, 0.29) is 30.5 Å². The number of aryl methyl sites for hydroxylation is 1. The lowest BCUT2D eigenvalue weighted by molar-refractivity contribution is -0.370. The van der Waals surface area contributed by atoms with Crippen molar-refractivity contribution < 1.29 is 36.2 Å². The number of aromatic nitrogens is 1. The lowest BCUT2D eigenvalue weighted by Gasteiger charge is -2.35. The van der Waals surface area contributed by atoms with Crippen LogP contribution in [0.4, 0.5) is 26.3 Å². The van der Waals surface area contributed by atoms with Crippen LogP contribution >= 0.6 is 11.3 Å². The van der Waals surface area contributed by atoms with Gasteiger partial charge in [0.25, 0.3) is 5.60 Å². The molecule has 0 amide bonds. The van der Waals surface area contributed by atoms with Crippen LogP contribution in [0.2, 0.25) is 0 Å². The Hall–Kier alpha value is -1.94. The Morgan fingerprint density at radius 3 is 2.12 bits per heavy atom. The molecule has 1 fully saturated rings. The predicted octanol–water partition coefficient (Wildman–Crippen LogP) is 7.06. The maximum absolute atomic E-state index is 12.8. The molecule has 3 rings (SSSR count). The lowest BCUT2D eigenvalue weighted by atomic mass is 9.76. The van der Waals surface area contributed by atoms with Crippen molar-refractivity contribution in [2.45, 2.75) is 76.2 Å². The molecule has 34 heavy (non-hydrogen) atoms. The van der Waals surface area contributed by atoms with E-state index in [9.17, 15) is 36.2 Å². The zero-order chi connectivity index (χ0) is 25.1. The first-order valence-corrected chi connectivity index (χ1v) is 12.1. The van der Waals surface area contributed by atoms with E-state index in [2.05, 4.69) is 4.98 Å². The van der Waals surface area contributed by atoms with Crippen LogP contribution in [-0.2, 0) is 11.2 Å². The summed E-state index contributed by atoms with van der Waals surface area (Å²) in [4.78, 5) is 17.0. The van der Waals surface area contributed by atoms with Crippen molar-refractivity contribution in [3.8, 4) is 11.3 Å². The Morgan fingerprint density at radius 2 is 1.56 bits per heavy atom. The summed E-state index contributed by atoms with van der Waals surface area (Å²) >= 11 is 1.41. The van der Waals surface area contributed by atoms with Crippen molar-refractivity contribution in [2.75, 3.05) is 0 Å². The number of halogens is 6. The Labute approximate surface area is 198 Å². The van der Waals surface area contributed by atoms with Crippen LogP contribution < -0.4 is 0 Å². The number of hydrogen-bond acceptors (Lipinski definition) is 4. The van der Waals surface area contributed by atoms with E-state index in [0.29, 0.717) is 37.1 Å². The highest BCUT2D eigenvalue weighted by molar-refractivity contribution is 7.10. The molecule has 0 aliphatic heterocycles. The van der Waals surface area contributed by atoms with Gasteiger partial charge in [-0.05, 0) is 44.4 Å². The first-order valence-electron chi connectivity index (χ1n) is 11.2. The Bertz CT molecular complexity index is 945. The summed E-state index contributed by atoms with van der Waals surface area (Å²) in [7, 11) is 0. The van der Waals surface area contributed by atoms with Gasteiger partial charge in [-0.2, -0.15) is 26.3 Å². The molecular formula is C24H27F6NO2S. The van der Waals surface area contributed by atoms with E-state index in [1.54, 1.807) is 0 Å². The summed E-state index contributed by atoms with van der Waals surface area (Å²) in [6, 6.07) is 7.92. The summed E-state index contributed by atoms with van der Waals surface area (Å²) in [5, 5.41) is 11.9. The van der Waals surface area contributed by atoms with Gasteiger partial charge in [0.1, 0.15) is 10.8 Å². The second kappa shape index (κ2) is 10.4. The van der Waals surface area contributed by atoms with E-state index < -0.39 is 24.4 Å². The van der Waals surface area contributed by atoms with Crippen molar-refractivity contribution in [1.29, 1.82) is 0 Å². The van der Waals surface area contributed by atoms with Gasteiger partial charge in [0, 0.05) is 17.4 Å². The summed E-state index contributed by atoms with van der Waals surface area (Å²) < 4.78 is 77.0. The van der Waals surface area contributed by atoms with Crippen molar-refractivity contribution in [1.82, 2.24) is 4.98 Å². The third kappa shape index (κ3) is 6.38. The van der Waals surface area contributed by atoms with Crippen LogP contribution in [0.5, 0.6) is 0 Å². The molecule has 1 aliphatic carbocycles. The molecule has 1 aliphatic rings. The largest absolute Gasteiger partial charge is 0.426 e. The number of carbonyl (C=O) groups is 1. The second-order valence-electron chi connectivity index (χ2n) is 9.19. The Kier molecular flexibility index (Phi) is 8.12. The van der Waals surface area contributed by atoms with Gasteiger partial charge in [0.15, 0.2) is 0 Å². The van der Waals surface area contributed by atoms with Crippen LogP contribution in [0, 0.1) is 18.8 Å². The number of alkyl halides is 6. The molecule has 0 unspecified atom stereocenters. The molecule has 0 atom stereocenters. The maximum Gasteiger partial charge on any atom is 0.426 e. The van der Waals surface area contributed by atoms with Gasteiger partial charge in [-0.3, -0.25) is 4.79 Å². The Morgan fingerprint density at radius 1 is 1.00 bits per heavy atom. The fourth-order valence-electron chi connectivity index (χ4n) is 4.39. The van der Waals surface area contributed by atoms with Crippen LogP contribution in [0.25, 0.3) is 11.3 Å². The fraction of sp³-hybridized carbons (Fsp3) is 0.583. The van der Waals surface area contributed by atoms with Gasteiger partial charge < -0.3 is 5.11 Å². The average molecular weight is 508 g/mol. The molecule has 1 aromatic heterocycles. The average Bonchev–Trinajstić information content (AvgIpc) is 3.20. The van der Waals surface area contributed by atoms with E-state index in [0.717, 1.165) is 16.8 Å². The molecule has 188 valence electrons. The molecule has 0 radical (unpaired) electrons. The zero-order valence-corrected chi connectivity index (χ0v) is 19.5. The van der Waals surface area contributed by atoms with E-state index in [1.165, 1.54) is 11.3 Å². The SMILES string of the molecule is Cc1ccc(-c2csc(CC(=O)CC3CCC(CCC(O)(C(F)(F)F)C(F)(F)F)CC3)n2)cc1. The standard InChI is InChI=1S/C24H27F6NO2S/c1-15-2-8-18(9-3-15)20-14-34-21(31-20)13-19(32)12-17-6-4-16(5-7-17)10-11-22(33,23(25,26)27)24(28,29)30/h2-3,8-9,14,16-17,33H,4-7,10-13H2,1H3. The summed E-state index contributed by atoms with van der Waals surface area (Å²) in [5.74, 6) is -0.250. The first-order chi connectivity index (χ1) is 15.8. The number of carbonyl (C=O) groups excluding carboxylic acids is 1. The zero-order valence-electron chi connectivity index (χ0n) is 18.7. The normalized spacial score (nSPS) is 19.9. The second-order valence-corrected chi connectivity index (χ2v) is 10.1. The minimum absolute atomic E-state index is 0.0248. The van der Waals surface area contributed by atoms with Gasteiger partial charge in [-0.15, -0.1) is 11.3 Å². The lowest BCUT2D eigenvalue weighted by Crippen LogP contribution is -2.56. The highest BCUT2D eigenvalue weighted by Crippen LogP contribution is 2.47. The third-order valence-electron chi connectivity index (χ3n) is 6.58. The fourth-order valence-corrected chi connectivity index (χ4v) is 5.23. The molecule has 10 heteroatoms. The minimum atomic E-state index is -5.77. The molecule has 1 aromatic carbocycles. The van der Waals surface area contributed by atoms with Gasteiger partial charge >= 0.3 is 12.4 Å². The number of ketones is 1. The predicted molar refractivity (Wildman–Crippen MR) is 117 cm³/mol. The minimum Gasteiger partial charge on any atom is -0.374 e. The monoisotopic (exact) mass is 507 g/mol. The molecule has 0 bridgehead atoms. The molecule has 2 aromatic rings. The number of thiazole rings is 1. The summed E-state index contributed by atoms with van der Waals surface area (Å²) in [6.07, 6.45) is -10.8. The topological polar surface area (TPSA) is 50.2 Å². The highest BCUT2D eigenvalue weighted by atomic mass is 32.1. The first kappa shape index (κ1) is 26.7. The molecule has 1 saturated carbocycles. The van der Waals surface area contributed by atoms with Gasteiger partial charge in [-0.1, -0.05) is 42.7 Å². The number of aliphatic hydroxyl groups is 1. The van der Waals surface area contributed by atoms with Crippen LogP contribution in [0.1, 0.15) is 55.5 Å². The van der Waals surface area contributed by atoms with Gasteiger partial charge in [-0.25, -0.2) is 4.98 Å². The molecule has 1 N–H and O–H groups in total. The van der Waals surface area contributed by atoms with Crippen molar-refractivity contribution in [2.24, 2.45) is 11.8 Å². The van der Waals surface area contributed by atoms with Gasteiger partial charge in [0.05, 0.1) is 12.1 Å². The highest BCUT2D eigenvalue weighted by Gasteiger charge is 2.69. The summed E-state index contributed by atoms with van der Waals surface area (Å²) in [5.41, 5.74) is -1.76. The van der Waals surface area contributed by atoms with Crippen LogP contribution in [0.3, 0.4) is 0 Å². The smallest absolute Gasteiger partial charge is 0.374 e. The summed E-state index contributed by atoms with van der Waals surface area (Å²) in [6.45, 7) is 1.99. The number of hydrogen-bond donors (Lipinski definition) is 1. The van der Waals surface area contributed by atoms with Crippen molar-refractivity contribution in [3.05, 3.63) is 40.2 Å². The quantitative estimate of drug-likeness (QED) is 0.389. The van der Waals surface area contributed by atoms with Crippen molar-refractivity contribution >= 4 is 17.1 Å². The third-order valence-corrected chi connectivity index (χ3v) is 7.43.